The summed E-state index contributed by atoms with van der Waals surface area (Å²) in [6, 6.07) is 15.3. The van der Waals surface area contributed by atoms with E-state index in [9.17, 15) is 14.7 Å². The van der Waals surface area contributed by atoms with E-state index < -0.39 is 11.2 Å². The Bertz CT molecular complexity index is 1190. The second-order valence-electron chi connectivity index (χ2n) is 15.3. The third kappa shape index (κ3) is 16.0. The van der Waals surface area contributed by atoms with Crippen LogP contribution in [0.2, 0.25) is 0 Å². The molecule has 1 saturated carbocycles. The monoisotopic (exact) mass is 664 g/mol. The number of ether oxygens (including phenoxy) is 3. The number of carbonyl (C=O) groups is 2. The molecule has 0 aromatic heterocycles. The summed E-state index contributed by atoms with van der Waals surface area (Å²) in [5.74, 6) is 2.34. The summed E-state index contributed by atoms with van der Waals surface area (Å²) in [4.78, 5) is 25.0. The minimum Gasteiger partial charge on any atom is -0.494 e. The van der Waals surface area contributed by atoms with Gasteiger partial charge < -0.3 is 19.3 Å². The fourth-order valence-corrected chi connectivity index (χ4v) is 6.74. The first kappa shape index (κ1) is 39.6. The predicted molar refractivity (Wildman–Crippen MR) is 195 cm³/mol. The molecule has 268 valence electrons. The summed E-state index contributed by atoms with van der Waals surface area (Å²) in [5.41, 5.74) is 0.758. The summed E-state index contributed by atoms with van der Waals surface area (Å²) in [6.45, 7) is 10.5. The third-order valence-corrected chi connectivity index (χ3v) is 9.72. The lowest BCUT2D eigenvalue weighted by Gasteiger charge is -2.29. The number of esters is 2. The quantitative estimate of drug-likeness (QED) is 0.0766. The number of benzene rings is 2. The molecule has 3 rings (SSSR count). The van der Waals surface area contributed by atoms with Crippen LogP contribution in [0, 0.1) is 5.92 Å². The zero-order chi connectivity index (χ0) is 34.8. The Morgan fingerprint density at radius 1 is 0.729 bits per heavy atom. The first-order valence-corrected chi connectivity index (χ1v) is 18.9. The Morgan fingerprint density at radius 3 is 2.02 bits per heavy atom. The zero-order valence-corrected chi connectivity index (χ0v) is 30.7. The number of unbranched alkanes of at least 4 members (excludes halogenated alkanes) is 7. The fraction of sp³-hybridized carbons (Fsp3) is 0.667. The highest BCUT2D eigenvalue weighted by atomic mass is 16.6. The van der Waals surface area contributed by atoms with Crippen LogP contribution in [0.3, 0.4) is 0 Å². The lowest BCUT2D eigenvalue weighted by Crippen LogP contribution is -2.28. The molecule has 0 atom stereocenters. The Hall–Kier alpha value is -2.86. The molecule has 0 bridgehead atoms. The van der Waals surface area contributed by atoms with Crippen molar-refractivity contribution >= 4 is 11.9 Å². The van der Waals surface area contributed by atoms with Crippen LogP contribution in [-0.4, -0.2) is 34.9 Å². The van der Waals surface area contributed by atoms with Gasteiger partial charge in [-0.2, -0.15) is 0 Å². The average molecular weight is 665 g/mol. The topological polar surface area (TPSA) is 82.1 Å². The van der Waals surface area contributed by atoms with Crippen molar-refractivity contribution in [3.05, 3.63) is 59.7 Å². The van der Waals surface area contributed by atoms with Gasteiger partial charge >= 0.3 is 11.9 Å². The van der Waals surface area contributed by atoms with Crippen molar-refractivity contribution in [2.45, 2.75) is 167 Å². The number of rotatable bonds is 22. The van der Waals surface area contributed by atoms with Gasteiger partial charge in [0, 0.05) is 6.42 Å². The summed E-state index contributed by atoms with van der Waals surface area (Å²) in [7, 11) is 0. The van der Waals surface area contributed by atoms with Gasteiger partial charge in [0.05, 0.1) is 17.8 Å². The van der Waals surface area contributed by atoms with E-state index in [0.717, 1.165) is 69.5 Å². The molecule has 48 heavy (non-hydrogen) atoms. The van der Waals surface area contributed by atoms with E-state index in [4.69, 9.17) is 14.2 Å². The Morgan fingerprint density at radius 2 is 1.35 bits per heavy atom. The van der Waals surface area contributed by atoms with E-state index in [2.05, 4.69) is 19.1 Å². The number of hydrogen-bond acceptors (Lipinski definition) is 6. The van der Waals surface area contributed by atoms with E-state index in [-0.39, 0.29) is 11.9 Å². The highest BCUT2D eigenvalue weighted by Crippen LogP contribution is 2.38. The lowest BCUT2D eigenvalue weighted by molar-refractivity contribution is -0.157. The molecule has 1 aliphatic rings. The van der Waals surface area contributed by atoms with Crippen LogP contribution in [0.5, 0.6) is 11.5 Å². The van der Waals surface area contributed by atoms with Gasteiger partial charge in [0.2, 0.25) is 0 Å². The van der Waals surface area contributed by atoms with Crippen LogP contribution in [0.4, 0.5) is 0 Å². The minimum absolute atomic E-state index is 0.134. The van der Waals surface area contributed by atoms with Crippen molar-refractivity contribution in [2.75, 3.05) is 6.61 Å². The molecule has 0 heterocycles. The molecule has 6 heteroatoms. The molecular weight excluding hydrogens is 600 g/mol. The van der Waals surface area contributed by atoms with Crippen LogP contribution in [0.25, 0.3) is 0 Å². The van der Waals surface area contributed by atoms with Gasteiger partial charge in [-0.3, -0.25) is 4.79 Å². The molecule has 1 aliphatic carbocycles. The molecule has 0 radical (unpaired) electrons. The normalized spacial score (nSPS) is 16.8. The molecule has 0 spiro atoms. The molecule has 0 aliphatic heterocycles. The average Bonchev–Trinajstić information content (AvgIpc) is 3.04. The number of carbonyl (C=O) groups excluding carboxylic acids is 2. The van der Waals surface area contributed by atoms with Crippen molar-refractivity contribution in [3.8, 4) is 11.5 Å². The van der Waals surface area contributed by atoms with Crippen molar-refractivity contribution in [2.24, 2.45) is 5.92 Å². The van der Waals surface area contributed by atoms with Gasteiger partial charge in [-0.25, -0.2) is 4.79 Å². The second-order valence-corrected chi connectivity index (χ2v) is 15.3. The Balaban J connectivity index is 1.25. The Labute approximate surface area is 291 Å². The maximum atomic E-state index is 12.7. The fourth-order valence-electron chi connectivity index (χ4n) is 6.74. The van der Waals surface area contributed by atoms with Crippen LogP contribution >= 0.6 is 0 Å². The molecule has 1 fully saturated rings. The summed E-state index contributed by atoms with van der Waals surface area (Å²) in [5, 5.41) is 9.78. The van der Waals surface area contributed by atoms with Crippen LogP contribution in [0.15, 0.2) is 48.5 Å². The predicted octanol–water partition coefficient (Wildman–Crippen LogP) is 11.1. The standard InChI is InChI=1S/C42H64O6/c1-6-7-11-16-33-18-20-34(21-19-33)35-22-28-38(29-23-35)47-40(44)36-24-26-37(27-25-36)46-32-15-9-8-14-31-42(4,5)48-39(43)17-12-10-13-30-41(2,3)45/h22-29,33-34,45H,6-21,30-32H2,1-5H3. The lowest BCUT2D eigenvalue weighted by atomic mass is 9.77. The van der Waals surface area contributed by atoms with Gasteiger partial charge in [0.25, 0.3) is 0 Å². The first-order chi connectivity index (χ1) is 22.9. The van der Waals surface area contributed by atoms with E-state index in [1.165, 1.54) is 56.9 Å². The molecule has 2 aromatic carbocycles. The molecular formula is C42H64O6. The van der Waals surface area contributed by atoms with Gasteiger partial charge in [0.1, 0.15) is 17.1 Å². The van der Waals surface area contributed by atoms with Gasteiger partial charge in [0.15, 0.2) is 0 Å². The second kappa shape index (κ2) is 20.6. The van der Waals surface area contributed by atoms with Crippen molar-refractivity contribution < 1.29 is 28.9 Å². The van der Waals surface area contributed by atoms with Crippen molar-refractivity contribution in [1.29, 1.82) is 0 Å². The third-order valence-electron chi connectivity index (χ3n) is 9.72. The summed E-state index contributed by atoms with van der Waals surface area (Å²) < 4.78 is 17.3. The Kier molecular flexibility index (Phi) is 17.0. The van der Waals surface area contributed by atoms with Gasteiger partial charge in [-0.05, 0) is 139 Å². The summed E-state index contributed by atoms with van der Waals surface area (Å²) in [6.07, 6.45) is 19.3. The van der Waals surface area contributed by atoms with Crippen LogP contribution in [-0.2, 0) is 9.53 Å². The smallest absolute Gasteiger partial charge is 0.343 e. The molecule has 0 amide bonds. The highest BCUT2D eigenvalue weighted by molar-refractivity contribution is 5.91. The summed E-state index contributed by atoms with van der Waals surface area (Å²) >= 11 is 0. The van der Waals surface area contributed by atoms with Gasteiger partial charge in [-0.15, -0.1) is 0 Å². The largest absolute Gasteiger partial charge is 0.494 e. The molecule has 0 unspecified atom stereocenters. The number of hydrogen-bond donors (Lipinski definition) is 1. The maximum absolute atomic E-state index is 12.7. The molecule has 6 nitrogen and oxygen atoms in total. The SMILES string of the molecule is CCCCCC1CCC(c2ccc(OC(=O)c3ccc(OCCCCCCC(C)(C)OC(=O)CCCCCC(C)(C)O)cc3)cc2)CC1. The van der Waals surface area contributed by atoms with E-state index in [1.54, 1.807) is 12.1 Å². The van der Waals surface area contributed by atoms with Crippen LogP contribution < -0.4 is 9.47 Å². The van der Waals surface area contributed by atoms with Gasteiger partial charge in [-0.1, -0.05) is 70.4 Å². The van der Waals surface area contributed by atoms with E-state index in [0.29, 0.717) is 30.3 Å². The maximum Gasteiger partial charge on any atom is 0.343 e. The molecule has 2 aromatic rings. The highest BCUT2D eigenvalue weighted by Gasteiger charge is 2.23. The minimum atomic E-state index is -0.641. The zero-order valence-electron chi connectivity index (χ0n) is 30.7. The van der Waals surface area contributed by atoms with E-state index >= 15 is 0 Å². The van der Waals surface area contributed by atoms with Crippen molar-refractivity contribution in [3.63, 3.8) is 0 Å². The van der Waals surface area contributed by atoms with Crippen molar-refractivity contribution in [1.82, 2.24) is 0 Å². The van der Waals surface area contributed by atoms with E-state index in [1.807, 2.05) is 52.0 Å². The first-order valence-electron chi connectivity index (χ1n) is 18.9. The number of aliphatic hydroxyl groups is 1. The molecule has 1 N–H and O–H groups in total. The van der Waals surface area contributed by atoms with Crippen LogP contribution in [0.1, 0.15) is 172 Å². The molecule has 0 saturated heterocycles.